The van der Waals surface area contributed by atoms with Gasteiger partial charge in [-0.1, -0.05) is 105 Å². The summed E-state index contributed by atoms with van der Waals surface area (Å²) in [5.74, 6) is 4.53. The van der Waals surface area contributed by atoms with Crippen LogP contribution in [0.2, 0.25) is 5.02 Å². The lowest BCUT2D eigenvalue weighted by Crippen LogP contribution is -2.25. The SMILES string of the molecule is Cc1ccc(C(=O)c2sc3cc(O)ccc3c2-c2ccc(OCCN3CC[C@H](C)C3)cc2)c(C)c1.Cc1ccc(Cl)cc1C(=O)c1sc2cc(O)ccc2c1-c1ccc(OCCN2CC[C@H](C)C2)cc1.Cc1ccc(F)cc1C(=O)c1sc2cc(O)ccc2c1-c1ccc(OCCN2CC[C@H](C)C2)cc1. The van der Waals surface area contributed by atoms with E-state index >= 15 is 0 Å². The second-order valence-electron chi connectivity index (χ2n) is 28.4. The molecule has 3 atom stereocenters. The molecule has 0 spiro atoms. The van der Waals surface area contributed by atoms with Crippen LogP contribution in [0.4, 0.5) is 4.39 Å². The quantitative estimate of drug-likeness (QED) is 0.0588. The number of phenols is 3. The van der Waals surface area contributed by atoms with E-state index in [1.165, 1.54) is 65.4 Å². The summed E-state index contributed by atoms with van der Waals surface area (Å²) in [7, 11) is 0. The van der Waals surface area contributed by atoms with Gasteiger partial charge in [-0.2, -0.15) is 0 Å². The van der Waals surface area contributed by atoms with Gasteiger partial charge in [0.15, 0.2) is 0 Å². The number of aromatic hydroxyl groups is 3. The highest BCUT2D eigenvalue weighted by atomic mass is 35.5. The zero-order valence-corrected chi connectivity index (χ0v) is 63.5. The van der Waals surface area contributed by atoms with Crippen molar-refractivity contribution in [1.29, 1.82) is 0 Å². The number of likely N-dealkylation sites (tertiary alicyclic amines) is 3. The van der Waals surface area contributed by atoms with Crippen LogP contribution in [0.25, 0.3) is 63.6 Å². The van der Waals surface area contributed by atoms with Crippen LogP contribution < -0.4 is 14.2 Å². The van der Waals surface area contributed by atoms with Crippen LogP contribution >= 0.6 is 45.6 Å². The fourth-order valence-electron chi connectivity index (χ4n) is 14.4. The van der Waals surface area contributed by atoms with Crippen LogP contribution in [-0.2, 0) is 0 Å². The van der Waals surface area contributed by atoms with Gasteiger partial charge in [0, 0.05) is 108 Å². The van der Waals surface area contributed by atoms with Crippen molar-refractivity contribution in [3.8, 4) is 67.9 Å². The number of carbonyl (C=O) groups is 3. The summed E-state index contributed by atoms with van der Waals surface area (Å²) in [4.78, 5) is 50.1. The van der Waals surface area contributed by atoms with E-state index in [1.807, 2.05) is 136 Å². The van der Waals surface area contributed by atoms with Gasteiger partial charge >= 0.3 is 0 Å². The average molecular weight is 1480 g/mol. The van der Waals surface area contributed by atoms with Gasteiger partial charge in [0.05, 0.1) is 14.6 Å². The number of ketones is 3. The fraction of sp³-hybridized carbons (Fsp3) is 0.284. The van der Waals surface area contributed by atoms with Crippen LogP contribution in [0, 0.1) is 51.3 Å². The van der Waals surface area contributed by atoms with Crippen molar-refractivity contribution in [2.75, 3.05) is 78.7 Å². The standard InChI is InChI=1S/C30H31NO3S.C29H28ClNO3S.C29H28FNO3S/c1-19-4-10-25(21(3)16-19)29(33)30-28(26-11-7-23(32)17-27(26)35-30)22-5-8-24(9-6-22)34-15-14-31-13-12-20(2)18-31;2*1-18-11-12-31(17-18)13-14-34-23-8-4-20(5-9-23)27-24-10-7-22(32)16-26(24)35-29(27)28(33)25-15-21(30)6-3-19(25)2/h4-11,16-17,20,32H,12-15,18H2,1-3H3;2*3-10,15-16,18,32H,11-14,17H2,1-2H3/t20-;2*18-/m000/s1. The summed E-state index contributed by atoms with van der Waals surface area (Å²) in [5, 5.41) is 33.4. The third kappa shape index (κ3) is 17.5. The Morgan fingerprint density at radius 3 is 1.12 bits per heavy atom. The first kappa shape index (κ1) is 74.1. The minimum absolute atomic E-state index is 0.0124. The molecule has 0 radical (unpaired) electrons. The Bertz CT molecular complexity index is 4930. The number of nitrogens with zero attached hydrogens (tertiary/aromatic N) is 3. The molecule has 3 fully saturated rings. The molecule has 12 aromatic rings. The van der Waals surface area contributed by atoms with Gasteiger partial charge in [0.2, 0.25) is 17.3 Å². The van der Waals surface area contributed by atoms with E-state index in [-0.39, 0.29) is 34.6 Å². The lowest BCUT2D eigenvalue weighted by atomic mass is 9.95. The summed E-state index contributed by atoms with van der Waals surface area (Å²) in [5.41, 5.74) is 10.7. The van der Waals surface area contributed by atoms with Gasteiger partial charge in [-0.3, -0.25) is 29.1 Å². The summed E-state index contributed by atoms with van der Waals surface area (Å²) < 4.78 is 34.5. The van der Waals surface area contributed by atoms with Gasteiger partial charge in [-0.25, -0.2) is 4.39 Å². The minimum atomic E-state index is -0.441. The second kappa shape index (κ2) is 33.1. The number of hydrogen-bond donors (Lipinski definition) is 3. The summed E-state index contributed by atoms with van der Waals surface area (Å²) in [6, 6.07) is 55.0. The summed E-state index contributed by atoms with van der Waals surface area (Å²) >= 11 is 10.4. The Morgan fingerprint density at radius 2 is 0.771 bits per heavy atom. The van der Waals surface area contributed by atoms with Gasteiger partial charge in [-0.05, 0) is 233 Å². The zero-order chi connectivity index (χ0) is 73.6. The Hall–Kier alpha value is -9.23. The van der Waals surface area contributed by atoms with Crippen LogP contribution in [0.15, 0.2) is 182 Å². The van der Waals surface area contributed by atoms with Crippen molar-refractivity contribution < 1.29 is 48.3 Å². The average Bonchev–Trinajstić information content (AvgIpc) is 1.63. The first-order valence-electron chi connectivity index (χ1n) is 36.0. The van der Waals surface area contributed by atoms with Gasteiger partial charge in [0.1, 0.15) is 60.1 Å². The number of phenolic OH excluding ortho intramolecular Hbond substituents is 3. The number of aryl methyl sites for hydroxylation is 4. The topological polar surface area (TPSA) is 149 Å². The first-order chi connectivity index (χ1) is 50.7. The van der Waals surface area contributed by atoms with E-state index in [1.54, 1.807) is 61.5 Å². The number of hydrogen-bond acceptors (Lipinski definition) is 15. The summed E-state index contributed by atoms with van der Waals surface area (Å²) in [6.07, 6.45) is 3.78. The molecule has 540 valence electrons. The molecular formula is C88H87ClFN3O9S3. The third-order valence-electron chi connectivity index (χ3n) is 20.1. The van der Waals surface area contributed by atoms with E-state index in [9.17, 15) is 34.1 Å². The Morgan fingerprint density at radius 1 is 0.419 bits per heavy atom. The van der Waals surface area contributed by atoms with Crippen LogP contribution in [0.5, 0.6) is 34.5 Å². The van der Waals surface area contributed by atoms with Crippen molar-refractivity contribution in [2.45, 2.75) is 67.7 Å². The lowest BCUT2D eigenvalue weighted by molar-refractivity contribution is 0.103. The third-order valence-corrected chi connectivity index (χ3v) is 23.8. The monoisotopic (exact) mass is 1480 g/mol. The predicted octanol–water partition coefficient (Wildman–Crippen LogP) is 20.7. The molecule has 6 heterocycles. The minimum Gasteiger partial charge on any atom is -0.508 e. The molecule has 3 saturated heterocycles. The van der Waals surface area contributed by atoms with Crippen LogP contribution in [-0.4, -0.2) is 126 Å². The number of ether oxygens (including phenoxy) is 3. The lowest BCUT2D eigenvalue weighted by Gasteiger charge is -2.15. The number of fused-ring (bicyclic) bond motifs is 3. The van der Waals surface area contributed by atoms with Crippen molar-refractivity contribution in [3.63, 3.8) is 0 Å². The van der Waals surface area contributed by atoms with E-state index in [4.69, 9.17) is 25.8 Å². The molecule has 0 unspecified atom stereocenters. The van der Waals surface area contributed by atoms with Crippen molar-refractivity contribution in [1.82, 2.24) is 14.7 Å². The molecule has 3 N–H and O–H groups in total. The highest BCUT2D eigenvalue weighted by Gasteiger charge is 2.28. The molecular weight excluding hydrogens is 1390 g/mol. The van der Waals surface area contributed by atoms with Crippen molar-refractivity contribution in [2.24, 2.45) is 17.8 Å². The van der Waals surface area contributed by atoms with Crippen LogP contribution in [0.3, 0.4) is 0 Å². The molecule has 0 amide bonds. The number of halogens is 2. The molecule has 0 saturated carbocycles. The van der Waals surface area contributed by atoms with Gasteiger partial charge < -0.3 is 29.5 Å². The van der Waals surface area contributed by atoms with Crippen molar-refractivity contribution in [3.05, 3.63) is 246 Å². The highest BCUT2D eigenvalue weighted by Crippen LogP contribution is 2.46. The maximum Gasteiger partial charge on any atom is 0.203 e. The molecule has 3 aliphatic heterocycles. The molecule has 12 nitrogen and oxygen atoms in total. The Labute approximate surface area is 630 Å². The molecule has 9 aromatic carbocycles. The zero-order valence-electron chi connectivity index (χ0n) is 60.3. The maximum atomic E-state index is 14.0. The Balaban J connectivity index is 0.000000140. The molecule has 3 aromatic heterocycles. The second-order valence-corrected chi connectivity index (χ2v) is 32.0. The van der Waals surface area contributed by atoms with E-state index in [2.05, 4.69) is 35.5 Å². The Kier molecular flexibility index (Phi) is 23.3. The van der Waals surface area contributed by atoms with Gasteiger partial charge in [0.25, 0.3) is 0 Å². The molecule has 17 heteroatoms. The largest absolute Gasteiger partial charge is 0.508 e. The molecule has 15 rings (SSSR count). The molecule has 105 heavy (non-hydrogen) atoms. The number of thiophene rings is 3. The fourth-order valence-corrected chi connectivity index (χ4v) is 18.2. The predicted molar refractivity (Wildman–Crippen MR) is 427 cm³/mol. The van der Waals surface area contributed by atoms with Crippen LogP contribution in [0.1, 0.15) is 108 Å². The molecule has 0 aliphatic carbocycles. The first-order valence-corrected chi connectivity index (χ1v) is 38.9. The smallest absolute Gasteiger partial charge is 0.203 e. The molecule has 3 aliphatic rings. The van der Waals surface area contributed by atoms with E-state index < -0.39 is 5.82 Å². The summed E-state index contributed by atoms with van der Waals surface area (Å²) in [6.45, 7) is 26.2. The normalized spacial score (nSPS) is 16.1. The van der Waals surface area contributed by atoms with Crippen molar-refractivity contribution >= 4 is 93.2 Å². The highest BCUT2D eigenvalue weighted by molar-refractivity contribution is 7.22. The maximum absolute atomic E-state index is 14.0. The van der Waals surface area contributed by atoms with Gasteiger partial charge in [-0.15, -0.1) is 34.0 Å². The number of carbonyl (C=O) groups excluding carboxylic acids is 3. The number of rotatable bonds is 21. The van der Waals surface area contributed by atoms with E-state index in [0.29, 0.717) is 56.2 Å². The molecule has 0 bridgehead atoms. The van der Waals surface area contributed by atoms with E-state index in [0.717, 1.165) is 180 Å². The number of benzene rings is 9.